The highest BCUT2D eigenvalue weighted by molar-refractivity contribution is 6.31. The zero-order valence-electron chi connectivity index (χ0n) is 24.0. The van der Waals surface area contributed by atoms with Gasteiger partial charge < -0.3 is 10.2 Å². The number of nitrogens with zero attached hydrogens (tertiary/aromatic N) is 6. The van der Waals surface area contributed by atoms with Crippen molar-refractivity contribution in [3.63, 3.8) is 0 Å². The first-order chi connectivity index (χ1) is 21.1. The van der Waals surface area contributed by atoms with Crippen molar-refractivity contribution in [1.82, 2.24) is 29.4 Å². The summed E-state index contributed by atoms with van der Waals surface area (Å²) in [6.07, 6.45) is 9.15. The molecular weight excluding hydrogens is 595 g/mol. The van der Waals surface area contributed by atoms with Crippen molar-refractivity contribution in [3.8, 4) is 22.4 Å². The first-order valence-corrected chi connectivity index (χ1v) is 14.6. The molecule has 13 heteroatoms. The molecule has 6 rings (SSSR count). The van der Waals surface area contributed by atoms with E-state index in [1.165, 1.54) is 24.4 Å². The Morgan fingerprint density at radius 2 is 1.91 bits per heavy atom. The number of halogens is 4. The van der Waals surface area contributed by atoms with Crippen LogP contribution in [0, 0.1) is 11.7 Å². The van der Waals surface area contributed by atoms with Crippen LogP contribution in [0.5, 0.6) is 0 Å². The van der Waals surface area contributed by atoms with E-state index in [4.69, 9.17) is 11.6 Å². The Hall–Kier alpha value is -4.45. The summed E-state index contributed by atoms with van der Waals surface area (Å²) in [5, 5.41) is 10.9. The van der Waals surface area contributed by atoms with Crippen LogP contribution in [-0.4, -0.2) is 47.8 Å². The van der Waals surface area contributed by atoms with Crippen molar-refractivity contribution in [2.45, 2.75) is 45.2 Å². The van der Waals surface area contributed by atoms with Gasteiger partial charge in [0.2, 0.25) is 11.8 Å². The molecule has 2 bridgehead atoms. The summed E-state index contributed by atoms with van der Waals surface area (Å²) >= 11 is 6.14. The minimum absolute atomic E-state index is 0.0849. The number of aromatic nitrogens is 5. The average molecular weight is 624 g/mol. The molecule has 44 heavy (non-hydrogen) atoms. The van der Waals surface area contributed by atoms with Crippen LogP contribution in [0.4, 0.5) is 18.9 Å². The fourth-order valence-electron chi connectivity index (χ4n) is 5.97. The van der Waals surface area contributed by atoms with Crippen molar-refractivity contribution in [1.29, 1.82) is 0 Å². The first-order valence-electron chi connectivity index (χ1n) is 14.2. The number of hydrogen-bond acceptors (Lipinski definition) is 5. The number of carbonyl (C=O) groups is 2. The molecule has 5 heterocycles. The lowest BCUT2D eigenvalue weighted by Gasteiger charge is -2.35. The SMILES string of the molecule is CC1CCCC(N2CCC(c3c(-c4cnn(C(F)F)c4)ccc(Cl)c3F)=CC2=O)c2cc(ccn2)-c2c(cnn2C)NC1=O. The predicted molar refractivity (Wildman–Crippen MR) is 159 cm³/mol. The molecule has 3 aromatic heterocycles. The van der Waals surface area contributed by atoms with Crippen LogP contribution in [0.2, 0.25) is 5.02 Å². The monoisotopic (exact) mass is 623 g/mol. The van der Waals surface area contributed by atoms with Gasteiger partial charge in [-0.3, -0.25) is 19.3 Å². The molecule has 4 aromatic rings. The largest absolute Gasteiger partial charge is 0.333 e. The molecule has 0 radical (unpaired) electrons. The van der Waals surface area contributed by atoms with E-state index in [2.05, 4.69) is 20.5 Å². The van der Waals surface area contributed by atoms with E-state index >= 15 is 4.39 Å². The van der Waals surface area contributed by atoms with Crippen molar-refractivity contribution >= 4 is 34.7 Å². The number of aryl methyl sites for hydroxylation is 1. The van der Waals surface area contributed by atoms with E-state index in [0.717, 1.165) is 17.5 Å². The standard InChI is InChI=1S/C31H29ClF3N7O2/c1-17-4-3-5-25(23-12-19(8-10-36-23)29-24(39-30(17)44)15-37-40(29)2)41-11-9-18(13-26(41)43)27-21(6-7-22(32)28(27)33)20-14-38-42(16-20)31(34)35/h6-8,10,12-17,25,31H,3-5,9,11H2,1-2H3,(H,39,44). The van der Waals surface area contributed by atoms with E-state index in [9.17, 15) is 18.4 Å². The van der Waals surface area contributed by atoms with Gasteiger partial charge in [0.1, 0.15) is 5.82 Å². The van der Waals surface area contributed by atoms with Gasteiger partial charge in [0, 0.05) is 54.7 Å². The summed E-state index contributed by atoms with van der Waals surface area (Å²) in [5.41, 5.74) is 3.88. The van der Waals surface area contributed by atoms with Gasteiger partial charge in [-0.25, -0.2) is 9.07 Å². The molecule has 2 aliphatic heterocycles. The van der Waals surface area contributed by atoms with Gasteiger partial charge in [0.15, 0.2) is 0 Å². The highest BCUT2D eigenvalue weighted by Crippen LogP contribution is 2.40. The van der Waals surface area contributed by atoms with Gasteiger partial charge in [-0.05, 0) is 48.6 Å². The summed E-state index contributed by atoms with van der Waals surface area (Å²) in [4.78, 5) is 33.1. The Morgan fingerprint density at radius 1 is 1.09 bits per heavy atom. The van der Waals surface area contributed by atoms with Crippen molar-refractivity contribution in [2.24, 2.45) is 13.0 Å². The molecule has 0 saturated carbocycles. The number of alkyl halides is 2. The van der Waals surface area contributed by atoms with E-state index in [1.54, 1.807) is 29.0 Å². The number of amides is 2. The molecule has 0 spiro atoms. The van der Waals surface area contributed by atoms with Gasteiger partial charge in [0.25, 0.3) is 0 Å². The zero-order valence-corrected chi connectivity index (χ0v) is 24.7. The van der Waals surface area contributed by atoms with Crippen molar-refractivity contribution in [2.75, 3.05) is 11.9 Å². The topological polar surface area (TPSA) is 97.9 Å². The normalized spacial score (nSPS) is 19.2. The number of nitrogens with one attached hydrogen (secondary N) is 1. The molecule has 0 fully saturated rings. The summed E-state index contributed by atoms with van der Waals surface area (Å²) in [6.45, 7) is -0.726. The van der Waals surface area contributed by atoms with Crippen LogP contribution in [0.1, 0.15) is 56.5 Å². The average Bonchev–Trinajstić information content (AvgIpc) is 3.64. The second-order valence-corrected chi connectivity index (χ2v) is 11.5. The Balaban J connectivity index is 1.37. The molecule has 0 saturated heterocycles. The van der Waals surface area contributed by atoms with Crippen molar-refractivity contribution in [3.05, 3.63) is 77.2 Å². The first kappa shape index (κ1) is 29.6. The molecule has 1 aromatic carbocycles. The van der Waals surface area contributed by atoms with Gasteiger partial charge in [0.05, 0.1) is 40.5 Å². The van der Waals surface area contributed by atoms with Crippen LogP contribution in [0.3, 0.4) is 0 Å². The van der Waals surface area contributed by atoms with Crippen LogP contribution in [0.15, 0.2) is 55.1 Å². The number of anilines is 1. The highest BCUT2D eigenvalue weighted by atomic mass is 35.5. The molecule has 9 nitrogen and oxygen atoms in total. The molecule has 2 atom stereocenters. The maximum absolute atomic E-state index is 15.5. The number of carbonyl (C=O) groups excluding carboxylic acids is 2. The van der Waals surface area contributed by atoms with E-state index in [0.29, 0.717) is 52.9 Å². The van der Waals surface area contributed by atoms with E-state index in [-0.39, 0.29) is 40.4 Å². The lowest BCUT2D eigenvalue weighted by molar-refractivity contribution is -0.129. The van der Waals surface area contributed by atoms with Crippen LogP contribution >= 0.6 is 11.6 Å². The third-order valence-corrected chi connectivity index (χ3v) is 8.55. The number of fused-ring (bicyclic) bond motifs is 4. The lowest BCUT2D eigenvalue weighted by Crippen LogP contribution is -2.38. The lowest BCUT2D eigenvalue weighted by atomic mass is 9.90. The molecule has 0 aliphatic carbocycles. The second kappa shape index (κ2) is 11.9. The number of benzene rings is 1. The molecule has 2 unspecified atom stereocenters. The van der Waals surface area contributed by atoms with Crippen LogP contribution in [-0.2, 0) is 16.6 Å². The minimum Gasteiger partial charge on any atom is -0.330 e. The molecular formula is C31H29ClF3N7O2. The fraction of sp³-hybridized carbons (Fsp3) is 0.323. The Labute approximate surface area is 256 Å². The van der Waals surface area contributed by atoms with E-state index in [1.807, 2.05) is 19.1 Å². The maximum atomic E-state index is 15.5. The smallest absolute Gasteiger partial charge is 0.330 e. The fourth-order valence-corrected chi connectivity index (χ4v) is 6.13. The maximum Gasteiger partial charge on any atom is 0.333 e. The number of pyridine rings is 1. The second-order valence-electron chi connectivity index (χ2n) is 11.1. The quantitative estimate of drug-likeness (QED) is 0.275. The van der Waals surface area contributed by atoms with Crippen LogP contribution < -0.4 is 5.32 Å². The summed E-state index contributed by atoms with van der Waals surface area (Å²) in [6, 6.07) is 6.23. The number of rotatable bonds is 4. The number of hydrogen-bond donors (Lipinski definition) is 1. The van der Waals surface area contributed by atoms with Gasteiger partial charge in [-0.1, -0.05) is 31.0 Å². The van der Waals surface area contributed by atoms with Gasteiger partial charge in [-0.2, -0.15) is 19.0 Å². The Bertz CT molecular complexity index is 1780. The Kier molecular flexibility index (Phi) is 8.02. The van der Waals surface area contributed by atoms with Crippen LogP contribution in [0.25, 0.3) is 28.0 Å². The van der Waals surface area contributed by atoms with Gasteiger partial charge in [-0.15, -0.1) is 0 Å². The Morgan fingerprint density at radius 3 is 2.66 bits per heavy atom. The molecule has 2 aliphatic rings. The third-order valence-electron chi connectivity index (χ3n) is 8.26. The molecule has 1 N–H and O–H groups in total. The third kappa shape index (κ3) is 5.49. The molecule has 228 valence electrons. The summed E-state index contributed by atoms with van der Waals surface area (Å²) < 4.78 is 44.2. The summed E-state index contributed by atoms with van der Waals surface area (Å²) in [7, 11) is 1.79. The van der Waals surface area contributed by atoms with Gasteiger partial charge >= 0.3 is 6.55 Å². The van der Waals surface area contributed by atoms with Crippen molar-refractivity contribution < 1.29 is 22.8 Å². The predicted octanol–water partition coefficient (Wildman–Crippen LogP) is 6.65. The highest BCUT2D eigenvalue weighted by Gasteiger charge is 2.32. The van der Waals surface area contributed by atoms with E-state index < -0.39 is 18.4 Å². The summed E-state index contributed by atoms with van der Waals surface area (Å²) in [5.74, 6) is -1.44. The zero-order chi connectivity index (χ0) is 31.1. The molecule has 2 amide bonds. The minimum atomic E-state index is -2.85.